The average molecular weight is 247 g/mol. The summed E-state index contributed by atoms with van der Waals surface area (Å²) >= 11 is 1.78. The number of hydrogen-bond donors (Lipinski definition) is 1. The van der Waals surface area contributed by atoms with Gasteiger partial charge in [0.1, 0.15) is 0 Å². The van der Waals surface area contributed by atoms with Crippen LogP contribution in [0.3, 0.4) is 0 Å². The molecule has 0 saturated carbocycles. The third kappa shape index (κ3) is 3.88. The van der Waals surface area contributed by atoms with Gasteiger partial charge >= 0.3 is 0 Å². The van der Waals surface area contributed by atoms with Crippen molar-refractivity contribution in [2.75, 3.05) is 18.9 Å². The fourth-order valence-electron chi connectivity index (χ4n) is 1.67. The number of anilines is 1. The van der Waals surface area contributed by atoms with Crippen LogP contribution in [-0.2, 0) is 17.6 Å². The molecule has 0 aliphatic rings. The minimum absolute atomic E-state index is 0.736. The van der Waals surface area contributed by atoms with Gasteiger partial charge in [0.25, 0.3) is 0 Å². The summed E-state index contributed by atoms with van der Waals surface area (Å²) in [6, 6.07) is 12.2. The van der Waals surface area contributed by atoms with E-state index in [0.717, 1.165) is 31.7 Å². The van der Waals surface area contributed by atoms with Crippen molar-refractivity contribution >= 4 is 17.0 Å². The quantitative estimate of drug-likeness (QED) is 0.628. The maximum Gasteiger partial charge on any atom is 0.0514 e. The molecule has 0 atom stereocenters. The summed E-state index contributed by atoms with van der Waals surface area (Å²) in [5.74, 6) is 0. The Bertz CT molecular complexity index is 439. The first-order chi connectivity index (χ1) is 8.36. The zero-order valence-electron chi connectivity index (χ0n) is 9.76. The number of thiophene rings is 1. The summed E-state index contributed by atoms with van der Waals surface area (Å²) in [4.78, 5) is 1.38. The second kappa shape index (κ2) is 6.42. The van der Waals surface area contributed by atoms with Gasteiger partial charge in [-0.1, -0.05) is 24.3 Å². The number of ether oxygens (including phenoxy) is 1. The van der Waals surface area contributed by atoms with Crippen LogP contribution in [0.4, 0.5) is 5.69 Å². The SMILES string of the molecule is Nc1ccccc1CCOCCc1cccs1. The fourth-order valence-corrected chi connectivity index (χ4v) is 2.36. The molecule has 0 fully saturated rings. The maximum atomic E-state index is 5.86. The lowest BCUT2D eigenvalue weighted by Gasteiger charge is -2.06. The second-order valence-corrected chi connectivity index (χ2v) is 4.92. The van der Waals surface area contributed by atoms with Gasteiger partial charge in [0, 0.05) is 17.0 Å². The molecule has 1 aromatic heterocycles. The lowest BCUT2D eigenvalue weighted by Crippen LogP contribution is -2.03. The summed E-state index contributed by atoms with van der Waals surface area (Å²) < 4.78 is 5.62. The van der Waals surface area contributed by atoms with E-state index in [0.29, 0.717) is 0 Å². The number of para-hydroxylation sites is 1. The molecule has 0 amide bonds. The lowest BCUT2D eigenvalue weighted by atomic mass is 10.1. The van der Waals surface area contributed by atoms with Crippen molar-refractivity contribution < 1.29 is 4.74 Å². The Morgan fingerprint density at radius 3 is 2.59 bits per heavy atom. The molecule has 2 N–H and O–H groups in total. The van der Waals surface area contributed by atoms with Crippen LogP contribution in [-0.4, -0.2) is 13.2 Å². The summed E-state index contributed by atoms with van der Waals surface area (Å²) in [5, 5.41) is 2.10. The van der Waals surface area contributed by atoms with E-state index >= 15 is 0 Å². The molecular formula is C14H17NOS. The number of rotatable bonds is 6. The number of benzene rings is 1. The Hall–Kier alpha value is -1.32. The number of nitrogen functional groups attached to an aromatic ring is 1. The predicted molar refractivity (Wildman–Crippen MR) is 73.4 cm³/mol. The van der Waals surface area contributed by atoms with Gasteiger partial charge in [-0.15, -0.1) is 11.3 Å². The van der Waals surface area contributed by atoms with Crippen molar-refractivity contribution in [1.82, 2.24) is 0 Å². The first kappa shape index (κ1) is 12.1. The zero-order chi connectivity index (χ0) is 11.9. The Morgan fingerprint density at radius 2 is 1.82 bits per heavy atom. The predicted octanol–water partition coefficient (Wildman–Crippen LogP) is 3.13. The van der Waals surface area contributed by atoms with E-state index in [1.807, 2.05) is 18.2 Å². The average Bonchev–Trinajstić information content (AvgIpc) is 2.84. The lowest BCUT2D eigenvalue weighted by molar-refractivity contribution is 0.141. The molecule has 3 heteroatoms. The van der Waals surface area contributed by atoms with Crippen LogP contribution in [0.1, 0.15) is 10.4 Å². The molecule has 0 saturated heterocycles. The molecule has 1 heterocycles. The Balaban J connectivity index is 1.65. The molecule has 0 radical (unpaired) electrons. The largest absolute Gasteiger partial charge is 0.399 e. The van der Waals surface area contributed by atoms with E-state index in [4.69, 9.17) is 10.5 Å². The van der Waals surface area contributed by atoms with Crippen molar-refractivity contribution in [3.05, 3.63) is 52.2 Å². The normalized spacial score (nSPS) is 10.6. The molecule has 0 unspecified atom stereocenters. The summed E-state index contributed by atoms with van der Waals surface area (Å²) in [7, 11) is 0. The highest BCUT2D eigenvalue weighted by atomic mass is 32.1. The number of hydrogen-bond acceptors (Lipinski definition) is 3. The molecule has 1 aromatic carbocycles. The van der Waals surface area contributed by atoms with Gasteiger partial charge in [-0.25, -0.2) is 0 Å². The first-order valence-corrected chi connectivity index (χ1v) is 6.68. The van der Waals surface area contributed by atoms with Crippen molar-refractivity contribution in [3.8, 4) is 0 Å². The molecule has 2 rings (SSSR count). The molecule has 2 nitrogen and oxygen atoms in total. The molecule has 2 aromatic rings. The molecular weight excluding hydrogens is 230 g/mol. The summed E-state index contributed by atoms with van der Waals surface area (Å²) in [6.45, 7) is 1.52. The van der Waals surface area contributed by atoms with Crippen molar-refractivity contribution in [2.24, 2.45) is 0 Å². The van der Waals surface area contributed by atoms with Gasteiger partial charge in [0.2, 0.25) is 0 Å². The molecule has 90 valence electrons. The van der Waals surface area contributed by atoms with Gasteiger partial charge < -0.3 is 10.5 Å². The highest BCUT2D eigenvalue weighted by Crippen LogP contribution is 2.12. The highest BCUT2D eigenvalue weighted by molar-refractivity contribution is 7.09. The van der Waals surface area contributed by atoms with Crippen LogP contribution in [0.5, 0.6) is 0 Å². The molecule has 17 heavy (non-hydrogen) atoms. The molecule has 0 spiro atoms. The van der Waals surface area contributed by atoms with E-state index in [9.17, 15) is 0 Å². The first-order valence-electron chi connectivity index (χ1n) is 5.80. The van der Waals surface area contributed by atoms with Crippen LogP contribution in [0.25, 0.3) is 0 Å². The molecule has 0 bridgehead atoms. The van der Waals surface area contributed by atoms with Crippen molar-refractivity contribution in [3.63, 3.8) is 0 Å². The summed E-state index contributed by atoms with van der Waals surface area (Å²) in [6.07, 6.45) is 1.89. The Kier molecular flexibility index (Phi) is 4.59. The third-order valence-corrected chi connectivity index (χ3v) is 3.58. The van der Waals surface area contributed by atoms with Crippen LogP contribution in [0.2, 0.25) is 0 Å². The summed E-state index contributed by atoms with van der Waals surface area (Å²) in [5.41, 5.74) is 7.88. The maximum absolute atomic E-state index is 5.86. The van der Waals surface area contributed by atoms with Gasteiger partial charge in [-0.05, 0) is 29.5 Å². The van der Waals surface area contributed by atoms with E-state index in [1.165, 1.54) is 10.4 Å². The molecule has 0 aliphatic heterocycles. The van der Waals surface area contributed by atoms with Crippen LogP contribution in [0, 0.1) is 0 Å². The van der Waals surface area contributed by atoms with Crippen LogP contribution >= 0.6 is 11.3 Å². The minimum Gasteiger partial charge on any atom is -0.399 e. The van der Waals surface area contributed by atoms with E-state index < -0.39 is 0 Å². The van der Waals surface area contributed by atoms with Crippen molar-refractivity contribution in [1.29, 1.82) is 0 Å². The van der Waals surface area contributed by atoms with E-state index in [2.05, 4.69) is 23.6 Å². The fraction of sp³-hybridized carbons (Fsp3) is 0.286. The van der Waals surface area contributed by atoms with Crippen LogP contribution < -0.4 is 5.73 Å². The Morgan fingerprint density at radius 1 is 1.00 bits per heavy atom. The number of nitrogens with two attached hydrogens (primary N) is 1. The minimum atomic E-state index is 0.736. The van der Waals surface area contributed by atoms with Crippen molar-refractivity contribution in [2.45, 2.75) is 12.8 Å². The smallest absolute Gasteiger partial charge is 0.0514 e. The Labute approximate surface area is 106 Å². The van der Waals surface area contributed by atoms with Gasteiger partial charge in [0.05, 0.1) is 13.2 Å². The monoisotopic (exact) mass is 247 g/mol. The van der Waals surface area contributed by atoms with Crippen LogP contribution in [0.15, 0.2) is 41.8 Å². The standard InChI is InChI=1S/C14H17NOS/c15-14-6-2-1-4-12(14)7-9-16-10-8-13-5-3-11-17-13/h1-6,11H,7-10,15H2. The zero-order valence-corrected chi connectivity index (χ0v) is 10.6. The van der Waals surface area contributed by atoms with E-state index in [1.54, 1.807) is 11.3 Å². The third-order valence-electron chi connectivity index (χ3n) is 2.64. The highest BCUT2D eigenvalue weighted by Gasteiger charge is 1.98. The van der Waals surface area contributed by atoms with Gasteiger partial charge in [-0.2, -0.15) is 0 Å². The van der Waals surface area contributed by atoms with E-state index in [-0.39, 0.29) is 0 Å². The second-order valence-electron chi connectivity index (χ2n) is 3.89. The van der Waals surface area contributed by atoms with Gasteiger partial charge in [0.15, 0.2) is 0 Å². The topological polar surface area (TPSA) is 35.2 Å². The molecule has 0 aliphatic carbocycles. The van der Waals surface area contributed by atoms with Gasteiger partial charge in [-0.3, -0.25) is 0 Å².